The van der Waals surface area contributed by atoms with Crippen LogP contribution in [0.25, 0.3) is 0 Å². The monoisotopic (exact) mass is 186 g/mol. The third kappa shape index (κ3) is 7.86. The van der Waals surface area contributed by atoms with E-state index >= 15 is 0 Å². The zero-order valence-corrected chi connectivity index (χ0v) is 8.77. The fourth-order valence-electron chi connectivity index (χ4n) is 0.825. The second-order valence-electron chi connectivity index (χ2n) is 2.75. The van der Waals surface area contributed by atoms with E-state index in [2.05, 4.69) is 26.0 Å². The molecule has 0 bridgehead atoms. The molecule has 1 unspecified atom stereocenters. The summed E-state index contributed by atoms with van der Waals surface area (Å²) in [5.41, 5.74) is 0. The average Bonchev–Trinajstić information content (AvgIpc) is 2.05. The first-order valence-electron chi connectivity index (χ1n) is 4.51. The number of aldehydes is 1. The van der Waals surface area contributed by atoms with E-state index in [9.17, 15) is 4.79 Å². The number of carbonyl (C=O) groups is 1. The van der Waals surface area contributed by atoms with E-state index in [-0.39, 0.29) is 0 Å². The van der Waals surface area contributed by atoms with Crippen LogP contribution >= 0.6 is 11.8 Å². The number of allylic oxidation sites excluding steroid dienone is 2. The summed E-state index contributed by atoms with van der Waals surface area (Å²) >= 11 is 1.87. The van der Waals surface area contributed by atoms with Gasteiger partial charge in [-0.2, -0.15) is 11.8 Å². The third-order valence-corrected chi connectivity index (χ3v) is 2.75. The van der Waals surface area contributed by atoms with Crippen LogP contribution in [0, 0.1) is 0 Å². The van der Waals surface area contributed by atoms with Crippen molar-refractivity contribution in [2.75, 3.05) is 5.75 Å². The molecule has 0 N–H and O–H groups in total. The minimum absolute atomic E-state index is 0.484. The highest BCUT2D eigenvalue weighted by atomic mass is 32.2. The number of thioether (sulfide) groups is 1. The van der Waals surface area contributed by atoms with Crippen molar-refractivity contribution in [1.29, 1.82) is 0 Å². The van der Waals surface area contributed by atoms with Crippen LogP contribution in [-0.4, -0.2) is 17.3 Å². The SMILES string of the molecule is CC/C=C\CCSC(C)CC=O. The first-order chi connectivity index (χ1) is 5.81. The summed E-state index contributed by atoms with van der Waals surface area (Å²) in [4.78, 5) is 10.1. The lowest BCUT2D eigenvalue weighted by Crippen LogP contribution is -1.97. The Bertz CT molecular complexity index is 132. The summed E-state index contributed by atoms with van der Waals surface area (Å²) in [6, 6.07) is 0. The molecule has 0 aliphatic rings. The molecule has 0 aromatic rings. The summed E-state index contributed by atoms with van der Waals surface area (Å²) in [7, 11) is 0. The second kappa shape index (κ2) is 8.85. The molecular formula is C10H18OS. The van der Waals surface area contributed by atoms with Gasteiger partial charge in [-0.1, -0.05) is 26.0 Å². The molecule has 0 aliphatic carbocycles. The normalized spacial score (nSPS) is 13.5. The summed E-state index contributed by atoms with van der Waals surface area (Å²) in [5, 5.41) is 0.484. The highest BCUT2D eigenvalue weighted by molar-refractivity contribution is 7.99. The van der Waals surface area contributed by atoms with Crippen LogP contribution in [-0.2, 0) is 4.79 Å². The van der Waals surface area contributed by atoms with Crippen LogP contribution in [0.1, 0.15) is 33.1 Å². The zero-order valence-electron chi connectivity index (χ0n) is 7.95. The molecule has 0 amide bonds. The average molecular weight is 186 g/mol. The minimum atomic E-state index is 0.484. The van der Waals surface area contributed by atoms with Crippen LogP contribution in [0.4, 0.5) is 0 Å². The van der Waals surface area contributed by atoms with E-state index in [0.717, 1.165) is 24.9 Å². The molecule has 0 saturated carbocycles. The standard InChI is InChI=1S/C10H18OS/c1-3-4-5-6-9-12-10(2)7-8-11/h4-5,8,10H,3,6-7,9H2,1-2H3/b5-4-. The molecule has 1 atom stereocenters. The number of rotatable bonds is 7. The summed E-state index contributed by atoms with van der Waals surface area (Å²) in [5.74, 6) is 1.13. The summed E-state index contributed by atoms with van der Waals surface area (Å²) < 4.78 is 0. The molecule has 0 aromatic carbocycles. The van der Waals surface area contributed by atoms with Crippen LogP contribution in [0.2, 0.25) is 0 Å². The molecule has 70 valence electrons. The zero-order chi connectivity index (χ0) is 9.23. The predicted molar refractivity (Wildman–Crippen MR) is 56.6 cm³/mol. The fraction of sp³-hybridized carbons (Fsp3) is 0.700. The van der Waals surface area contributed by atoms with Crippen molar-refractivity contribution in [3.63, 3.8) is 0 Å². The quantitative estimate of drug-likeness (QED) is 0.345. The van der Waals surface area contributed by atoms with Crippen LogP contribution < -0.4 is 0 Å². The Morgan fingerprint density at radius 1 is 1.42 bits per heavy atom. The molecule has 0 saturated heterocycles. The van der Waals surface area contributed by atoms with Crippen molar-refractivity contribution < 1.29 is 4.79 Å². The van der Waals surface area contributed by atoms with E-state index in [1.807, 2.05) is 11.8 Å². The van der Waals surface area contributed by atoms with E-state index in [1.54, 1.807) is 0 Å². The largest absolute Gasteiger partial charge is 0.303 e. The van der Waals surface area contributed by atoms with Crippen molar-refractivity contribution in [3.05, 3.63) is 12.2 Å². The molecule has 0 fully saturated rings. The van der Waals surface area contributed by atoms with Crippen molar-refractivity contribution in [2.24, 2.45) is 0 Å². The molecule has 0 radical (unpaired) electrons. The Hall–Kier alpha value is -0.240. The van der Waals surface area contributed by atoms with Gasteiger partial charge < -0.3 is 4.79 Å². The van der Waals surface area contributed by atoms with Crippen molar-refractivity contribution in [2.45, 2.75) is 38.4 Å². The van der Waals surface area contributed by atoms with Gasteiger partial charge in [0.15, 0.2) is 0 Å². The van der Waals surface area contributed by atoms with E-state index in [1.165, 1.54) is 0 Å². The Morgan fingerprint density at radius 3 is 2.75 bits per heavy atom. The van der Waals surface area contributed by atoms with Crippen molar-refractivity contribution in [3.8, 4) is 0 Å². The molecule has 0 aliphatic heterocycles. The molecule has 0 heterocycles. The lowest BCUT2D eigenvalue weighted by molar-refractivity contribution is -0.107. The maximum absolute atomic E-state index is 10.1. The molecule has 1 nitrogen and oxygen atoms in total. The molecule has 0 aromatic heterocycles. The smallest absolute Gasteiger partial charge is 0.121 e. The lowest BCUT2D eigenvalue weighted by Gasteiger charge is -2.04. The molecule has 2 heteroatoms. The van der Waals surface area contributed by atoms with Crippen LogP contribution in [0.3, 0.4) is 0 Å². The van der Waals surface area contributed by atoms with Gasteiger partial charge in [-0.3, -0.25) is 0 Å². The summed E-state index contributed by atoms with van der Waals surface area (Å²) in [6.07, 6.45) is 8.32. The lowest BCUT2D eigenvalue weighted by atomic mass is 10.3. The van der Waals surface area contributed by atoms with Gasteiger partial charge in [0.05, 0.1) is 0 Å². The number of hydrogen-bond acceptors (Lipinski definition) is 2. The van der Waals surface area contributed by atoms with E-state index < -0.39 is 0 Å². The fourth-order valence-corrected chi connectivity index (χ4v) is 1.71. The Kier molecular flexibility index (Phi) is 8.68. The second-order valence-corrected chi connectivity index (χ2v) is 4.30. The van der Waals surface area contributed by atoms with Gasteiger partial charge >= 0.3 is 0 Å². The van der Waals surface area contributed by atoms with Gasteiger partial charge in [-0.05, 0) is 18.6 Å². The van der Waals surface area contributed by atoms with Gasteiger partial charge in [0, 0.05) is 11.7 Å². The molecule has 0 rings (SSSR count). The van der Waals surface area contributed by atoms with Gasteiger partial charge in [-0.15, -0.1) is 0 Å². The maximum atomic E-state index is 10.1. The van der Waals surface area contributed by atoms with Crippen LogP contribution in [0.15, 0.2) is 12.2 Å². The Labute approximate surface area is 79.6 Å². The Balaban J connectivity index is 3.18. The molecule has 0 spiro atoms. The van der Waals surface area contributed by atoms with Crippen LogP contribution in [0.5, 0.6) is 0 Å². The van der Waals surface area contributed by atoms with E-state index in [4.69, 9.17) is 0 Å². The van der Waals surface area contributed by atoms with Gasteiger partial charge in [0.25, 0.3) is 0 Å². The number of carbonyl (C=O) groups excluding carboxylic acids is 1. The predicted octanol–water partition coefficient (Wildman–Crippen LogP) is 3.05. The third-order valence-electron chi connectivity index (χ3n) is 1.52. The molecule has 12 heavy (non-hydrogen) atoms. The van der Waals surface area contributed by atoms with Gasteiger partial charge in [0.1, 0.15) is 6.29 Å². The van der Waals surface area contributed by atoms with Gasteiger partial charge in [-0.25, -0.2) is 0 Å². The highest BCUT2D eigenvalue weighted by Gasteiger charge is 1.98. The minimum Gasteiger partial charge on any atom is -0.303 e. The summed E-state index contributed by atoms with van der Waals surface area (Å²) in [6.45, 7) is 4.24. The van der Waals surface area contributed by atoms with Gasteiger partial charge in [0.2, 0.25) is 0 Å². The van der Waals surface area contributed by atoms with E-state index in [0.29, 0.717) is 11.7 Å². The Morgan fingerprint density at radius 2 is 2.17 bits per heavy atom. The first kappa shape index (κ1) is 11.8. The highest BCUT2D eigenvalue weighted by Crippen LogP contribution is 2.13. The first-order valence-corrected chi connectivity index (χ1v) is 5.56. The molecular weight excluding hydrogens is 168 g/mol. The topological polar surface area (TPSA) is 17.1 Å². The maximum Gasteiger partial charge on any atom is 0.121 e. The van der Waals surface area contributed by atoms with Crippen molar-refractivity contribution >= 4 is 18.0 Å². The number of hydrogen-bond donors (Lipinski definition) is 0. The van der Waals surface area contributed by atoms with Crippen molar-refractivity contribution in [1.82, 2.24) is 0 Å².